The lowest BCUT2D eigenvalue weighted by molar-refractivity contribution is -0.660. The molecule has 3 heteroatoms. The van der Waals surface area contributed by atoms with Gasteiger partial charge in [0.2, 0.25) is 11.4 Å². The molecule has 0 bridgehead atoms. The highest BCUT2D eigenvalue weighted by molar-refractivity contribution is 6.08. The molecule has 4 aromatic rings. The Kier molecular flexibility index (Phi) is 4.49. The van der Waals surface area contributed by atoms with Crippen molar-refractivity contribution >= 4 is 22.1 Å². The lowest BCUT2D eigenvalue weighted by atomic mass is 9.94. The molecule has 0 N–H and O–H groups in total. The van der Waals surface area contributed by atoms with Crippen molar-refractivity contribution in [1.29, 1.82) is 0 Å². The van der Waals surface area contributed by atoms with Crippen molar-refractivity contribution in [3.05, 3.63) is 58.9 Å². The number of fused-ring (bicyclic) bond motifs is 3. The summed E-state index contributed by atoms with van der Waals surface area (Å²) in [6, 6.07) is 10.9. The smallest absolute Gasteiger partial charge is 0.227 e. The zero-order valence-corrected chi connectivity index (χ0v) is 17.9. The molecule has 0 aliphatic rings. The van der Waals surface area contributed by atoms with E-state index < -0.39 is 0 Å². The Morgan fingerprint density at radius 2 is 1.61 bits per heavy atom. The number of hydrogen-bond acceptors (Lipinski definition) is 2. The second kappa shape index (κ2) is 6.73. The van der Waals surface area contributed by atoms with Crippen LogP contribution in [0.2, 0.25) is 0 Å². The molecule has 0 saturated carbocycles. The lowest BCUT2D eigenvalue weighted by Crippen LogP contribution is -2.32. The Morgan fingerprint density at radius 3 is 2.29 bits per heavy atom. The standard InChI is InChI=1S/C25H29N2O/c1-14(2)20-12-22(27(7)13-17(20)6)23-16(5)8-9-18-19-10-11-21(15(3)4)26-25(19)28-24(18)23/h8-15H,1-7H3/q+1. The Morgan fingerprint density at radius 1 is 0.893 bits per heavy atom. The Labute approximate surface area is 167 Å². The van der Waals surface area contributed by atoms with Gasteiger partial charge in [0.15, 0.2) is 11.8 Å². The number of hydrogen-bond donors (Lipinski definition) is 0. The Balaban J connectivity index is 2.06. The van der Waals surface area contributed by atoms with E-state index in [9.17, 15) is 0 Å². The minimum Gasteiger partial charge on any atom is -0.437 e. The first-order valence-corrected chi connectivity index (χ1v) is 10.1. The second-order valence-corrected chi connectivity index (χ2v) is 8.54. The van der Waals surface area contributed by atoms with E-state index in [4.69, 9.17) is 9.40 Å². The van der Waals surface area contributed by atoms with Gasteiger partial charge in [0.05, 0.1) is 5.56 Å². The van der Waals surface area contributed by atoms with E-state index in [1.54, 1.807) is 0 Å². The zero-order valence-electron chi connectivity index (χ0n) is 17.9. The van der Waals surface area contributed by atoms with E-state index in [2.05, 4.69) is 89.7 Å². The van der Waals surface area contributed by atoms with E-state index in [1.165, 1.54) is 22.4 Å². The zero-order chi connectivity index (χ0) is 20.2. The predicted octanol–water partition coefficient (Wildman–Crippen LogP) is 6.34. The number of furan rings is 1. The molecule has 0 radical (unpaired) electrons. The molecular weight excluding hydrogens is 344 g/mol. The first-order chi connectivity index (χ1) is 13.3. The van der Waals surface area contributed by atoms with Crippen molar-refractivity contribution in [1.82, 2.24) is 4.98 Å². The quantitative estimate of drug-likeness (QED) is 0.392. The van der Waals surface area contributed by atoms with E-state index in [0.717, 1.165) is 33.3 Å². The maximum absolute atomic E-state index is 6.37. The maximum Gasteiger partial charge on any atom is 0.227 e. The van der Waals surface area contributed by atoms with Crippen molar-refractivity contribution < 1.29 is 8.98 Å². The summed E-state index contributed by atoms with van der Waals surface area (Å²) in [5.74, 6) is 0.854. The van der Waals surface area contributed by atoms with Gasteiger partial charge in [-0.15, -0.1) is 0 Å². The molecule has 0 saturated heterocycles. The summed E-state index contributed by atoms with van der Waals surface area (Å²) >= 11 is 0. The molecule has 0 amide bonds. The van der Waals surface area contributed by atoms with Crippen LogP contribution < -0.4 is 4.57 Å². The van der Waals surface area contributed by atoms with Crippen LogP contribution in [0, 0.1) is 13.8 Å². The summed E-state index contributed by atoms with van der Waals surface area (Å²) in [5, 5.41) is 2.21. The largest absolute Gasteiger partial charge is 0.437 e. The van der Waals surface area contributed by atoms with Crippen LogP contribution >= 0.6 is 0 Å². The lowest BCUT2D eigenvalue weighted by Gasteiger charge is -2.12. The highest BCUT2D eigenvalue weighted by Crippen LogP contribution is 2.37. The fourth-order valence-corrected chi connectivity index (χ4v) is 4.14. The molecule has 1 aromatic carbocycles. The third kappa shape index (κ3) is 2.90. The van der Waals surface area contributed by atoms with Crippen molar-refractivity contribution in [2.75, 3.05) is 0 Å². The fourth-order valence-electron chi connectivity index (χ4n) is 4.14. The molecule has 28 heavy (non-hydrogen) atoms. The highest BCUT2D eigenvalue weighted by Gasteiger charge is 2.23. The molecule has 0 atom stereocenters. The molecule has 0 spiro atoms. The number of nitrogens with zero attached hydrogens (tertiary/aromatic N) is 2. The van der Waals surface area contributed by atoms with Crippen molar-refractivity contribution in [2.24, 2.45) is 7.05 Å². The van der Waals surface area contributed by atoms with E-state index in [1.807, 2.05) is 0 Å². The minimum atomic E-state index is 0.377. The molecule has 0 aliphatic carbocycles. The van der Waals surface area contributed by atoms with Crippen LogP contribution in [0.4, 0.5) is 0 Å². The molecular formula is C25H29N2O+. The maximum atomic E-state index is 6.37. The molecule has 0 aliphatic heterocycles. The van der Waals surface area contributed by atoms with Gasteiger partial charge in [-0.25, -0.2) is 9.55 Å². The normalized spacial score (nSPS) is 12.0. The molecule has 4 rings (SSSR count). The number of rotatable bonds is 3. The highest BCUT2D eigenvalue weighted by atomic mass is 16.3. The minimum absolute atomic E-state index is 0.377. The first-order valence-electron chi connectivity index (χ1n) is 10.1. The van der Waals surface area contributed by atoms with Crippen LogP contribution in [0.3, 0.4) is 0 Å². The average Bonchev–Trinajstić information content (AvgIpc) is 2.99. The topological polar surface area (TPSA) is 29.9 Å². The third-order valence-electron chi connectivity index (χ3n) is 5.72. The number of benzene rings is 1. The van der Waals surface area contributed by atoms with Gasteiger partial charge < -0.3 is 4.42 Å². The van der Waals surface area contributed by atoms with E-state index >= 15 is 0 Å². The van der Waals surface area contributed by atoms with Gasteiger partial charge in [-0.05, 0) is 48.9 Å². The Bertz CT molecular complexity index is 1200. The predicted molar refractivity (Wildman–Crippen MR) is 116 cm³/mol. The number of pyridine rings is 2. The van der Waals surface area contributed by atoms with E-state index in [-0.39, 0.29) is 0 Å². The Hall–Kier alpha value is -2.68. The van der Waals surface area contributed by atoms with E-state index in [0.29, 0.717) is 11.8 Å². The molecule has 3 aromatic heterocycles. The van der Waals surface area contributed by atoms with Crippen molar-refractivity contribution in [3.8, 4) is 11.3 Å². The monoisotopic (exact) mass is 373 g/mol. The number of aryl methyl sites for hydroxylation is 3. The van der Waals surface area contributed by atoms with Crippen LogP contribution in [0.5, 0.6) is 0 Å². The fraction of sp³-hybridized carbons (Fsp3) is 0.360. The van der Waals surface area contributed by atoms with Crippen LogP contribution in [-0.4, -0.2) is 4.98 Å². The first kappa shape index (κ1) is 18.7. The summed E-state index contributed by atoms with van der Waals surface area (Å²) in [6.45, 7) is 13.2. The second-order valence-electron chi connectivity index (χ2n) is 8.54. The molecule has 3 nitrogen and oxygen atoms in total. The average molecular weight is 374 g/mol. The number of aromatic nitrogens is 2. The van der Waals surface area contributed by atoms with Gasteiger partial charge >= 0.3 is 0 Å². The summed E-state index contributed by atoms with van der Waals surface area (Å²) < 4.78 is 8.58. The molecule has 0 fully saturated rings. The SMILES string of the molecule is Cc1c[n+](C)c(-c2c(C)ccc3c2oc2nc(C(C)C)ccc23)cc1C(C)C. The van der Waals surface area contributed by atoms with Crippen molar-refractivity contribution in [3.63, 3.8) is 0 Å². The van der Waals surface area contributed by atoms with Gasteiger partial charge in [-0.3, -0.25) is 0 Å². The van der Waals surface area contributed by atoms with Crippen molar-refractivity contribution in [2.45, 2.75) is 53.4 Å². The van der Waals surface area contributed by atoms with Gasteiger partial charge in [-0.2, -0.15) is 0 Å². The molecule has 0 unspecified atom stereocenters. The van der Waals surface area contributed by atoms with Crippen LogP contribution in [0.1, 0.15) is 61.9 Å². The summed E-state index contributed by atoms with van der Waals surface area (Å²) in [5.41, 5.74) is 8.97. The van der Waals surface area contributed by atoms with Crippen LogP contribution in [0.25, 0.3) is 33.3 Å². The van der Waals surface area contributed by atoms with Crippen LogP contribution in [0.15, 0.2) is 40.9 Å². The van der Waals surface area contributed by atoms with Gasteiger partial charge in [0, 0.05) is 28.1 Å². The third-order valence-corrected chi connectivity index (χ3v) is 5.72. The van der Waals surface area contributed by atoms with Crippen LogP contribution in [-0.2, 0) is 7.05 Å². The molecule has 144 valence electrons. The molecule has 3 heterocycles. The van der Waals surface area contributed by atoms with Gasteiger partial charge in [0.25, 0.3) is 0 Å². The summed E-state index contributed by atoms with van der Waals surface area (Å²) in [4.78, 5) is 4.79. The van der Waals surface area contributed by atoms with Gasteiger partial charge in [0.1, 0.15) is 7.05 Å². The van der Waals surface area contributed by atoms with Gasteiger partial charge in [-0.1, -0.05) is 39.8 Å². The summed E-state index contributed by atoms with van der Waals surface area (Å²) in [7, 11) is 2.11. The summed E-state index contributed by atoms with van der Waals surface area (Å²) in [6.07, 6.45) is 2.22.